The standard InChI is InChI=1S/C8H9N7/c1-14-4-5-6(12-14)7(11-9)13-15-3-2-10-8(5)15/h2-4H,9H2,1H3,(H,11,13). The maximum Gasteiger partial charge on any atom is 0.189 e. The van der Waals surface area contributed by atoms with Crippen molar-refractivity contribution >= 4 is 22.4 Å². The quantitative estimate of drug-likeness (QED) is 0.426. The summed E-state index contributed by atoms with van der Waals surface area (Å²) in [6, 6.07) is 0. The van der Waals surface area contributed by atoms with Crippen molar-refractivity contribution in [2.45, 2.75) is 0 Å². The summed E-state index contributed by atoms with van der Waals surface area (Å²) >= 11 is 0. The summed E-state index contributed by atoms with van der Waals surface area (Å²) in [7, 11) is 1.85. The van der Waals surface area contributed by atoms with Crippen LogP contribution in [0.4, 0.5) is 5.82 Å². The van der Waals surface area contributed by atoms with Gasteiger partial charge in [-0.2, -0.15) is 5.10 Å². The molecule has 0 amide bonds. The van der Waals surface area contributed by atoms with Gasteiger partial charge in [-0.15, -0.1) is 5.10 Å². The largest absolute Gasteiger partial charge is 0.305 e. The molecule has 3 aromatic heterocycles. The van der Waals surface area contributed by atoms with Gasteiger partial charge in [0.15, 0.2) is 11.5 Å². The van der Waals surface area contributed by atoms with Gasteiger partial charge in [-0.3, -0.25) is 4.68 Å². The van der Waals surface area contributed by atoms with Gasteiger partial charge in [0.1, 0.15) is 5.52 Å². The molecule has 0 saturated carbocycles. The Morgan fingerprint density at radius 3 is 3.07 bits per heavy atom. The fourth-order valence-corrected chi connectivity index (χ4v) is 1.65. The number of aromatic nitrogens is 5. The van der Waals surface area contributed by atoms with Crippen LogP contribution in [0, 0.1) is 0 Å². The molecular weight excluding hydrogens is 194 g/mol. The molecule has 3 rings (SSSR count). The lowest BCUT2D eigenvalue weighted by atomic mass is 10.3. The molecule has 0 saturated heterocycles. The van der Waals surface area contributed by atoms with E-state index in [0.29, 0.717) is 5.82 Å². The molecule has 76 valence electrons. The van der Waals surface area contributed by atoms with Crippen molar-refractivity contribution < 1.29 is 0 Å². The molecule has 0 atom stereocenters. The van der Waals surface area contributed by atoms with Gasteiger partial charge >= 0.3 is 0 Å². The van der Waals surface area contributed by atoms with Crippen LogP contribution in [-0.4, -0.2) is 24.4 Å². The minimum atomic E-state index is 0.538. The molecule has 7 heteroatoms. The Bertz CT molecular complexity index is 635. The number of nitrogens with one attached hydrogen (secondary N) is 1. The predicted molar refractivity (Wildman–Crippen MR) is 55.1 cm³/mol. The van der Waals surface area contributed by atoms with Gasteiger partial charge in [-0.05, 0) is 0 Å². The Morgan fingerprint density at radius 1 is 1.40 bits per heavy atom. The molecule has 0 aliphatic carbocycles. The molecule has 0 unspecified atom stereocenters. The normalized spacial score (nSPS) is 11.3. The molecule has 0 radical (unpaired) electrons. The zero-order valence-electron chi connectivity index (χ0n) is 8.05. The number of hydrazine groups is 1. The van der Waals surface area contributed by atoms with E-state index in [0.717, 1.165) is 16.6 Å². The van der Waals surface area contributed by atoms with E-state index in [1.165, 1.54) is 0 Å². The summed E-state index contributed by atoms with van der Waals surface area (Å²) in [6.07, 6.45) is 5.35. The lowest BCUT2D eigenvalue weighted by Gasteiger charge is -2.00. The second kappa shape index (κ2) is 2.67. The third-order valence-corrected chi connectivity index (χ3v) is 2.26. The number of hydrogen-bond acceptors (Lipinski definition) is 5. The first-order valence-electron chi connectivity index (χ1n) is 4.43. The molecule has 3 heterocycles. The molecule has 0 aliphatic rings. The van der Waals surface area contributed by atoms with Crippen molar-refractivity contribution in [3.05, 3.63) is 18.6 Å². The molecule has 0 fully saturated rings. The fraction of sp³-hybridized carbons (Fsp3) is 0.125. The number of nitrogens with zero attached hydrogens (tertiary/aromatic N) is 5. The van der Waals surface area contributed by atoms with E-state index in [1.807, 2.05) is 13.2 Å². The van der Waals surface area contributed by atoms with Crippen LogP contribution in [0.3, 0.4) is 0 Å². The summed E-state index contributed by atoms with van der Waals surface area (Å²) in [5.41, 5.74) is 4.03. The first-order chi connectivity index (χ1) is 7.29. The third kappa shape index (κ3) is 1.00. The zero-order valence-corrected chi connectivity index (χ0v) is 8.05. The van der Waals surface area contributed by atoms with Crippen molar-refractivity contribution in [3.63, 3.8) is 0 Å². The van der Waals surface area contributed by atoms with Crippen molar-refractivity contribution in [1.29, 1.82) is 0 Å². The topological polar surface area (TPSA) is 86.1 Å². The number of aryl methyl sites for hydroxylation is 1. The monoisotopic (exact) mass is 203 g/mol. The highest BCUT2D eigenvalue weighted by Gasteiger charge is 2.11. The van der Waals surface area contributed by atoms with Gasteiger partial charge in [-0.1, -0.05) is 0 Å². The van der Waals surface area contributed by atoms with Crippen molar-refractivity contribution in [1.82, 2.24) is 24.4 Å². The summed E-state index contributed by atoms with van der Waals surface area (Å²) in [5, 5.41) is 9.43. The Labute approximate surface area is 84.5 Å². The second-order valence-corrected chi connectivity index (χ2v) is 3.25. The lowest BCUT2D eigenvalue weighted by Crippen LogP contribution is -2.11. The molecule has 15 heavy (non-hydrogen) atoms. The molecule has 7 nitrogen and oxygen atoms in total. The predicted octanol–water partition coefficient (Wildman–Crippen LogP) is -0.0984. The third-order valence-electron chi connectivity index (χ3n) is 2.26. The lowest BCUT2D eigenvalue weighted by molar-refractivity contribution is 0.779. The molecule has 3 aromatic rings. The first-order valence-corrected chi connectivity index (χ1v) is 4.43. The average molecular weight is 203 g/mol. The van der Waals surface area contributed by atoms with Crippen LogP contribution < -0.4 is 11.3 Å². The van der Waals surface area contributed by atoms with Gasteiger partial charge in [0.25, 0.3) is 0 Å². The van der Waals surface area contributed by atoms with Crippen LogP contribution in [0.15, 0.2) is 18.6 Å². The highest BCUT2D eigenvalue weighted by molar-refractivity contribution is 5.96. The zero-order chi connectivity index (χ0) is 10.4. The minimum absolute atomic E-state index is 0.538. The van der Waals surface area contributed by atoms with Crippen LogP contribution in [0.1, 0.15) is 0 Å². The van der Waals surface area contributed by atoms with Gasteiger partial charge in [0.05, 0.1) is 5.39 Å². The van der Waals surface area contributed by atoms with E-state index in [-0.39, 0.29) is 0 Å². The smallest absolute Gasteiger partial charge is 0.189 e. The fourth-order valence-electron chi connectivity index (χ4n) is 1.65. The number of imidazole rings is 1. The Morgan fingerprint density at radius 2 is 2.27 bits per heavy atom. The Kier molecular flexibility index (Phi) is 1.46. The van der Waals surface area contributed by atoms with E-state index in [1.54, 1.807) is 21.6 Å². The van der Waals surface area contributed by atoms with E-state index in [9.17, 15) is 0 Å². The number of nitrogens with two attached hydrogens (primary N) is 1. The van der Waals surface area contributed by atoms with Crippen LogP contribution in [0.25, 0.3) is 16.6 Å². The summed E-state index contributed by atoms with van der Waals surface area (Å²) in [5.74, 6) is 5.93. The molecule has 0 bridgehead atoms. The van der Waals surface area contributed by atoms with Gasteiger partial charge in [0.2, 0.25) is 0 Å². The number of fused-ring (bicyclic) bond motifs is 3. The Hall–Kier alpha value is -2.15. The highest BCUT2D eigenvalue weighted by Crippen LogP contribution is 2.21. The number of nitrogen functional groups attached to an aromatic ring is 1. The van der Waals surface area contributed by atoms with Gasteiger partial charge in [0, 0.05) is 25.6 Å². The van der Waals surface area contributed by atoms with Crippen molar-refractivity contribution in [2.24, 2.45) is 12.9 Å². The maximum atomic E-state index is 5.39. The first kappa shape index (κ1) is 8.18. The van der Waals surface area contributed by atoms with Crippen molar-refractivity contribution in [3.8, 4) is 0 Å². The van der Waals surface area contributed by atoms with Gasteiger partial charge < -0.3 is 5.43 Å². The highest BCUT2D eigenvalue weighted by atomic mass is 15.4. The number of anilines is 1. The van der Waals surface area contributed by atoms with Crippen LogP contribution in [0.2, 0.25) is 0 Å². The number of hydrogen-bond donors (Lipinski definition) is 2. The molecular formula is C8H9N7. The summed E-state index contributed by atoms with van der Waals surface area (Å²) in [6.45, 7) is 0. The second-order valence-electron chi connectivity index (χ2n) is 3.25. The molecule has 0 aromatic carbocycles. The summed E-state index contributed by atoms with van der Waals surface area (Å²) < 4.78 is 3.38. The van der Waals surface area contributed by atoms with E-state index in [4.69, 9.17) is 5.84 Å². The van der Waals surface area contributed by atoms with Crippen LogP contribution >= 0.6 is 0 Å². The van der Waals surface area contributed by atoms with E-state index >= 15 is 0 Å². The van der Waals surface area contributed by atoms with E-state index < -0.39 is 0 Å². The van der Waals surface area contributed by atoms with Gasteiger partial charge in [-0.25, -0.2) is 15.3 Å². The Balaban J connectivity index is 2.57. The SMILES string of the molecule is Cn1cc2c(n1)c(NN)nn1ccnc21. The minimum Gasteiger partial charge on any atom is -0.305 e. The number of rotatable bonds is 1. The molecule has 0 aliphatic heterocycles. The van der Waals surface area contributed by atoms with Crippen LogP contribution in [-0.2, 0) is 7.05 Å². The summed E-state index contributed by atoms with van der Waals surface area (Å²) in [4.78, 5) is 4.21. The molecule has 0 spiro atoms. The van der Waals surface area contributed by atoms with Crippen molar-refractivity contribution in [2.75, 3.05) is 5.43 Å². The van der Waals surface area contributed by atoms with E-state index in [2.05, 4.69) is 20.6 Å². The maximum absolute atomic E-state index is 5.39. The average Bonchev–Trinajstić information content (AvgIpc) is 2.80. The van der Waals surface area contributed by atoms with Crippen LogP contribution in [0.5, 0.6) is 0 Å². The molecule has 3 N–H and O–H groups in total.